The zero-order chi connectivity index (χ0) is 10.0. The lowest BCUT2D eigenvalue weighted by Gasteiger charge is -2.34. The first-order valence-corrected chi connectivity index (χ1v) is 3.93. The molecule has 0 spiro atoms. The SMILES string of the molecule is CC(=O)OC1CCN(C)C(=O)N1O. The van der Waals surface area contributed by atoms with Gasteiger partial charge in [-0.1, -0.05) is 0 Å². The smallest absolute Gasteiger partial charge is 0.346 e. The number of rotatable bonds is 1. The van der Waals surface area contributed by atoms with E-state index in [1.54, 1.807) is 7.05 Å². The largest absolute Gasteiger partial charge is 0.439 e. The molecule has 1 aliphatic heterocycles. The highest BCUT2D eigenvalue weighted by atomic mass is 16.6. The van der Waals surface area contributed by atoms with Crippen molar-refractivity contribution in [2.75, 3.05) is 13.6 Å². The summed E-state index contributed by atoms with van der Waals surface area (Å²) in [5.41, 5.74) is 0. The minimum absolute atomic E-state index is 0.415. The Bertz CT molecular complexity index is 231. The lowest BCUT2D eigenvalue weighted by atomic mass is 10.3. The van der Waals surface area contributed by atoms with E-state index in [1.807, 2.05) is 0 Å². The van der Waals surface area contributed by atoms with Crippen LogP contribution in [0.4, 0.5) is 4.79 Å². The fraction of sp³-hybridized carbons (Fsp3) is 0.714. The Morgan fingerprint density at radius 3 is 2.85 bits per heavy atom. The molecule has 0 saturated carbocycles. The Balaban J connectivity index is 2.58. The van der Waals surface area contributed by atoms with Gasteiger partial charge in [0.05, 0.1) is 0 Å². The molecule has 0 aromatic heterocycles. The van der Waals surface area contributed by atoms with Crippen molar-refractivity contribution >= 4 is 12.0 Å². The second-order valence-electron chi connectivity index (χ2n) is 2.90. The highest BCUT2D eigenvalue weighted by Crippen LogP contribution is 2.13. The standard InChI is InChI=1S/C7H12N2O4/c1-5(10)13-6-3-4-8(2)7(11)9(6)12/h6,12H,3-4H2,1-2H3. The molecule has 1 fully saturated rings. The molecule has 0 radical (unpaired) electrons. The van der Waals surface area contributed by atoms with E-state index in [0.717, 1.165) is 0 Å². The van der Waals surface area contributed by atoms with Crippen LogP contribution in [0.3, 0.4) is 0 Å². The highest BCUT2D eigenvalue weighted by Gasteiger charge is 2.32. The van der Waals surface area contributed by atoms with Gasteiger partial charge in [0.25, 0.3) is 0 Å². The van der Waals surface area contributed by atoms with Crippen molar-refractivity contribution < 1.29 is 19.5 Å². The van der Waals surface area contributed by atoms with Crippen LogP contribution >= 0.6 is 0 Å². The number of urea groups is 1. The van der Waals surface area contributed by atoms with Crippen molar-refractivity contribution in [1.82, 2.24) is 9.96 Å². The summed E-state index contributed by atoms with van der Waals surface area (Å²) in [6, 6.07) is -0.558. The van der Waals surface area contributed by atoms with E-state index >= 15 is 0 Å². The average molecular weight is 188 g/mol. The molecule has 0 aromatic carbocycles. The van der Waals surface area contributed by atoms with Crippen LogP contribution < -0.4 is 0 Å². The number of hydrogen-bond acceptors (Lipinski definition) is 4. The third-order valence-electron chi connectivity index (χ3n) is 1.81. The van der Waals surface area contributed by atoms with Crippen LogP contribution in [0.2, 0.25) is 0 Å². The third-order valence-corrected chi connectivity index (χ3v) is 1.81. The van der Waals surface area contributed by atoms with Crippen molar-refractivity contribution in [1.29, 1.82) is 0 Å². The topological polar surface area (TPSA) is 70.1 Å². The molecule has 74 valence electrons. The summed E-state index contributed by atoms with van der Waals surface area (Å²) in [5, 5.41) is 9.66. The van der Waals surface area contributed by atoms with Gasteiger partial charge in [-0.3, -0.25) is 10.0 Å². The molecule has 13 heavy (non-hydrogen) atoms. The lowest BCUT2D eigenvalue weighted by molar-refractivity contribution is -0.202. The first-order valence-electron chi connectivity index (χ1n) is 3.93. The summed E-state index contributed by atoms with van der Waals surface area (Å²) in [6.45, 7) is 1.70. The van der Waals surface area contributed by atoms with Gasteiger partial charge in [0.15, 0.2) is 0 Å². The van der Waals surface area contributed by atoms with Crippen LogP contribution in [-0.2, 0) is 9.53 Å². The van der Waals surface area contributed by atoms with E-state index in [2.05, 4.69) is 0 Å². The van der Waals surface area contributed by atoms with E-state index < -0.39 is 18.2 Å². The predicted octanol–water partition coefficient (Wildman–Crippen LogP) is 0.0223. The number of ether oxygens (including phenoxy) is 1. The Morgan fingerprint density at radius 2 is 2.31 bits per heavy atom. The van der Waals surface area contributed by atoms with Crippen LogP contribution in [0.25, 0.3) is 0 Å². The molecule has 1 unspecified atom stereocenters. The first-order chi connectivity index (χ1) is 6.02. The summed E-state index contributed by atoms with van der Waals surface area (Å²) in [5.74, 6) is -0.513. The predicted molar refractivity (Wildman–Crippen MR) is 41.8 cm³/mol. The van der Waals surface area contributed by atoms with E-state index in [4.69, 9.17) is 4.74 Å². The van der Waals surface area contributed by atoms with Gasteiger partial charge in [0.2, 0.25) is 6.23 Å². The molecule has 1 aliphatic rings. The van der Waals surface area contributed by atoms with Gasteiger partial charge in [0, 0.05) is 26.9 Å². The lowest BCUT2D eigenvalue weighted by Crippen LogP contribution is -2.52. The molecule has 1 heterocycles. The molecule has 0 aromatic rings. The average Bonchev–Trinajstić information content (AvgIpc) is 2.06. The van der Waals surface area contributed by atoms with Crippen molar-refractivity contribution in [3.05, 3.63) is 0 Å². The van der Waals surface area contributed by atoms with Crippen molar-refractivity contribution in [3.63, 3.8) is 0 Å². The first kappa shape index (κ1) is 9.79. The molecule has 1 N–H and O–H groups in total. The maximum Gasteiger partial charge on any atom is 0.346 e. The minimum atomic E-state index is -0.846. The Kier molecular flexibility index (Phi) is 2.72. The van der Waals surface area contributed by atoms with Crippen molar-refractivity contribution in [2.45, 2.75) is 19.6 Å². The molecule has 1 rings (SSSR count). The van der Waals surface area contributed by atoms with E-state index in [-0.39, 0.29) is 0 Å². The van der Waals surface area contributed by atoms with Gasteiger partial charge in [-0.05, 0) is 0 Å². The molecule has 1 atom stereocenters. The second-order valence-corrected chi connectivity index (χ2v) is 2.90. The zero-order valence-electron chi connectivity index (χ0n) is 7.56. The number of nitrogens with zero attached hydrogens (tertiary/aromatic N) is 2. The van der Waals surface area contributed by atoms with Gasteiger partial charge >= 0.3 is 12.0 Å². The van der Waals surface area contributed by atoms with Crippen molar-refractivity contribution in [2.24, 2.45) is 0 Å². The number of hydroxylamine groups is 2. The van der Waals surface area contributed by atoms with Gasteiger partial charge in [-0.25, -0.2) is 4.79 Å². The second kappa shape index (κ2) is 3.61. The minimum Gasteiger partial charge on any atom is -0.439 e. The number of esters is 1. The third kappa shape index (κ3) is 2.09. The fourth-order valence-corrected chi connectivity index (χ4v) is 1.12. The molecule has 2 amide bonds. The van der Waals surface area contributed by atoms with Crippen LogP contribution in [0.15, 0.2) is 0 Å². The Hall–Kier alpha value is -1.30. The maximum atomic E-state index is 11.1. The van der Waals surface area contributed by atoms with E-state index in [1.165, 1.54) is 11.8 Å². The van der Waals surface area contributed by atoms with Gasteiger partial charge in [-0.2, -0.15) is 5.06 Å². The summed E-state index contributed by atoms with van der Waals surface area (Å²) >= 11 is 0. The zero-order valence-corrected chi connectivity index (χ0v) is 7.56. The van der Waals surface area contributed by atoms with E-state index in [9.17, 15) is 14.8 Å². The maximum absolute atomic E-state index is 11.1. The number of carbonyl (C=O) groups excluding carboxylic acids is 2. The highest BCUT2D eigenvalue weighted by molar-refractivity contribution is 5.74. The summed E-state index contributed by atoms with van der Waals surface area (Å²) in [4.78, 5) is 23.0. The Labute approximate surface area is 75.6 Å². The normalized spacial score (nSPS) is 23.3. The van der Waals surface area contributed by atoms with Crippen LogP contribution in [0.5, 0.6) is 0 Å². The van der Waals surface area contributed by atoms with Gasteiger partial charge < -0.3 is 9.64 Å². The monoisotopic (exact) mass is 188 g/mol. The molecule has 6 nitrogen and oxygen atoms in total. The van der Waals surface area contributed by atoms with Crippen LogP contribution in [0.1, 0.15) is 13.3 Å². The van der Waals surface area contributed by atoms with Crippen molar-refractivity contribution in [3.8, 4) is 0 Å². The molecule has 0 aliphatic carbocycles. The molecule has 0 bridgehead atoms. The quantitative estimate of drug-likeness (QED) is 0.465. The van der Waals surface area contributed by atoms with E-state index in [0.29, 0.717) is 18.0 Å². The summed E-state index contributed by atoms with van der Waals surface area (Å²) in [7, 11) is 1.57. The molecule has 1 saturated heterocycles. The molecule has 6 heteroatoms. The Morgan fingerprint density at radius 1 is 1.69 bits per heavy atom. The number of carbonyl (C=O) groups is 2. The summed E-state index contributed by atoms with van der Waals surface area (Å²) in [6.07, 6.45) is -0.431. The summed E-state index contributed by atoms with van der Waals surface area (Å²) < 4.78 is 4.71. The molecular formula is C7H12N2O4. The number of hydrogen-bond donors (Lipinski definition) is 1. The fourth-order valence-electron chi connectivity index (χ4n) is 1.12. The van der Waals surface area contributed by atoms with Gasteiger partial charge in [-0.15, -0.1) is 0 Å². The van der Waals surface area contributed by atoms with Crippen LogP contribution in [0, 0.1) is 0 Å². The van der Waals surface area contributed by atoms with Gasteiger partial charge in [0.1, 0.15) is 0 Å². The molecular weight excluding hydrogens is 176 g/mol. The number of amides is 2. The van der Waals surface area contributed by atoms with Crippen LogP contribution in [-0.4, -0.2) is 47.0 Å².